The summed E-state index contributed by atoms with van der Waals surface area (Å²) in [5.41, 5.74) is 5.77. The molecule has 1 fully saturated rings. The standard InChI is InChI=1S/C17H28N2/c1-12-10-13(2)16(14(3)11-12)19-9-7-8-15(18-6)17(19,4)5/h10-11,15,18H,7-9H2,1-6H3. The van der Waals surface area contributed by atoms with Gasteiger partial charge in [0.25, 0.3) is 0 Å². The minimum atomic E-state index is 0.164. The van der Waals surface area contributed by atoms with Crippen LogP contribution in [0.3, 0.4) is 0 Å². The van der Waals surface area contributed by atoms with Gasteiger partial charge in [-0.05, 0) is 65.6 Å². The van der Waals surface area contributed by atoms with Gasteiger partial charge in [-0.15, -0.1) is 0 Å². The average Bonchev–Trinajstić information content (AvgIpc) is 2.29. The van der Waals surface area contributed by atoms with Crippen molar-refractivity contribution in [3.05, 3.63) is 28.8 Å². The maximum atomic E-state index is 3.50. The fourth-order valence-electron chi connectivity index (χ4n) is 3.78. The van der Waals surface area contributed by atoms with Crippen molar-refractivity contribution >= 4 is 5.69 Å². The molecule has 1 aliphatic heterocycles. The van der Waals surface area contributed by atoms with Crippen molar-refractivity contribution in [1.82, 2.24) is 5.32 Å². The number of benzene rings is 1. The third-order valence-electron chi connectivity index (χ3n) is 4.68. The first-order valence-electron chi connectivity index (χ1n) is 7.40. The van der Waals surface area contributed by atoms with Crippen LogP contribution in [-0.2, 0) is 0 Å². The molecule has 1 saturated heterocycles. The number of hydrogen-bond donors (Lipinski definition) is 1. The van der Waals surface area contributed by atoms with Gasteiger partial charge in [-0.25, -0.2) is 0 Å². The monoisotopic (exact) mass is 260 g/mol. The minimum absolute atomic E-state index is 0.164. The van der Waals surface area contributed by atoms with Crippen molar-refractivity contribution < 1.29 is 0 Å². The lowest BCUT2D eigenvalue weighted by Gasteiger charge is -2.50. The van der Waals surface area contributed by atoms with Gasteiger partial charge in [0, 0.05) is 23.8 Å². The number of likely N-dealkylation sites (N-methyl/N-ethyl adjacent to an activating group) is 1. The molecule has 0 amide bonds. The van der Waals surface area contributed by atoms with Crippen molar-refractivity contribution in [2.45, 2.75) is 59.0 Å². The highest BCUT2D eigenvalue weighted by Crippen LogP contribution is 2.37. The van der Waals surface area contributed by atoms with E-state index in [0.717, 1.165) is 6.54 Å². The van der Waals surface area contributed by atoms with Gasteiger partial charge >= 0.3 is 0 Å². The zero-order valence-corrected chi connectivity index (χ0v) is 13.3. The maximum absolute atomic E-state index is 3.50. The number of piperidine rings is 1. The molecule has 2 nitrogen and oxygen atoms in total. The third kappa shape index (κ3) is 2.51. The number of hydrogen-bond acceptors (Lipinski definition) is 2. The molecule has 1 aromatic carbocycles. The summed E-state index contributed by atoms with van der Waals surface area (Å²) in [6, 6.07) is 5.17. The molecule has 2 heteroatoms. The predicted molar refractivity (Wildman–Crippen MR) is 84.2 cm³/mol. The molecule has 1 aliphatic rings. The van der Waals surface area contributed by atoms with Crippen LogP contribution < -0.4 is 10.2 Å². The molecule has 106 valence electrons. The molecule has 1 N–H and O–H groups in total. The molecule has 0 spiro atoms. The molecule has 0 bridgehead atoms. The quantitative estimate of drug-likeness (QED) is 0.874. The Morgan fingerprint density at radius 3 is 2.26 bits per heavy atom. The van der Waals surface area contributed by atoms with E-state index in [9.17, 15) is 0 Å². The minimum Gasteiger partial charge on any atom is -0.364 e. The van der Waals surface area contributed by atoms with Gasteiger partial charge < -0.3 is 10.2 Å². The first-order chi connectivity index (χ1) is 8.87. The molecule has 0 aromatic heterocycles. The van der Waals surface area contributed by atoms with Crippen molar-refractivity contribution in [1.29, 1.82) is 0 Å². The Morgan fingerprint density at radius 1 is 1.16 bits per heavy atom. The molecule has 0 saturated carbocycles. The highest BCUT2D eigenvalue weighted by molar-refractivity contribution is 5.62. The number of aryl methyl sites for hydroxylation is 3. The van der Waals surface area contributed by atoms with Crippen LogP contribution in [-0.4, -0.2) is 25.2 Å². The van der Waals surface area contributed by atoms with Gasteiger partial charge in [0.15, 0.2) is 0 Å². The van der Waals surface area contributed by atoms with E-state index in [-0.39, 0.29) is 5.54 Å². The third-order valence-corrected chi connectivity index (χ3v) is 4.68. The van der Waals surface area contributed by atoms with Crippen LogP contribution in [0.15, 0.2) is 12.1 Å². The zero-order chi connectivity index (χ0) is 14.2. The fourth-order valence-corrected chi connectivity index (χ4v) is 3.78. The summed E-state index contributed by atoms with van der Waals surface area (Å²) in [6.07, 6.45) is 2.53. The molecule has 1 heterocycles. The van der Waals surface area contributed by atoms with Gasteiger partial charge in [-0.3, -0.25) is 0 Å². The van der Waals surface area contributed by atoms with E-state index in [1.54, 1.807) is 0 Å². The lowest BCUT2D eigenvalue weighted by atomic mass is 9.83. The smallest absolute Gasteiger partial charge is 0.0498 e. The summed E-state index contributed by atoms with van der Waals surface area (Å²) >= 11 is 0. The maximum Gasteiger partial charge on any atom is 0.0498 e. The highest BCUT2D eigenvalue weighted by Gasteiger charge is 2.38. The average molecular weight is 260 g/mol. The molecular formula is C17H28N2. The molecule has 1 aromatic rings. The first-order valence-corrected chi connectivity index (χ1v) is 7.40. The molecule has 1 atom stereocenters. The van der Waals surface area contributed by atoms with Crippen molar-refractivity contribution in [3.63, 3.8) is 0 Å². The Balaban J connectivity index is 2.46. The Morgan fingerprint density at radius 2 is 1.74 bits per heavy atom. The predicted octanol–water partition coefficient (Wildman–Crippen LogP) is 3.58. The number of anilines is 1. The second kappa shape index (κ2) is 5.16. The zero-order valence-electron chi connectivity index (χ0n) is 13.3. The van der Waals surface area contributed by atoms with Crippen LogP contribution >= 0.6 is 0 Å². The van der Waals surface area contributed by atoms with Gasteiger partial charge in [0.2, 0.25) is 0 Å². The number of nitrogens with one attached hydrogen (secondary N) is 1. The SMILES string of the molecule is CNC1CCCN(c2c(C)cc(C)cc2C)C1(C)C. The second-order valence-corrected chi connectivity index (χ2v) is 6.54. The molecule has 0 aliphatic carbocycles. The van der Waals surface area contributed by atoms with E-state index < -0.39 is 0 Å². The van der Waals surface area contributed by atoms with Gasteiger partial charge in [-0.2, -0.15) is 0 Å². The van der Waals surface area contributed by atoms with Crippen LogP contribution in [0.5, 0.6) is 0 Å². The van der Waals surface area contributed by atoms with Gasteiger partial charge in [-0.1, -0.05) is 17.7 Å². The number of rotatable bonds is 2. The Labute approximate surface area is 118 Å². The first kappa shape index (κ1) is 14.4. The van der Waals surface area contributed by atoms with E-state index in [4.69, 9.17) is 0 Å². The summed E-state index contributed by atoms with van der Waals surface area (Å²) in [5, 5.41) is 3.50. The van der Waals surface area contributed by atoms with Crippen LogP contribution in [0.4, 0.5) is 5.69 Å². The van der Waals surface area contributed by atoms with Crippen molar-refractivity contribution in [2.24, 2.45) is 0 Å². The van der Waals surface area contributed by atoms with Gasteiger partial charge in [0.1, 0.15) is 0 Å². The molecule has 2 rings (SSSR count). The molecule has 19 heavy (non-hydrogen) atoms. The van der Waals surface area contributed by atoms with Gasteiger partial charge in [0.05, 0.1) is 0 Å². The van der Waals surface area contributed by atoms with Crippen LogP contribution in [0.1, 0.15) is 43.4 Å². The van der Waals surface area contributed by atoms with Crippen LogP contribution in [0.25, 0.3) is 0 Å². The molecule has 0 radical (unpaired) electrons. The summed E-state index contributed by atoms with van der Waals surface area (Å²) in [5.74, 6) is 0. The number of nitrogens with zero attached hydrogens (tertiary/aromatic N) is 1. The fraction of sp³-hybridized carbons (Fsp3) is 0.647. The van der Waals surface area contributed by atoms with Crippen LogP contribution in [0.2, 0.25) is 0 Å². The summed E-state index contributed by atoms with van der Waals surface area (Å²) in [7, 11) is 2.09. The van der Waals surface area contributed by atoms with E-state index in [1.807, 2.05) is 0 Å². The Kier molecular flexibility index (Phi) is 3.91. The lowest BCUT2D eigenvalue weighted by Crippen LogP contribution is -2.61. The summed E-state index contributed by atoms with van der Waals surface area (Å²) < 4.78 is 0. The van der Waals surface area contributed by atoms with E-state index in [2.05, 4.69) is 64.0 Å². The van der Waals surface area contributed by atoms with E-state index in [1.165, 1.54) is 35.2 Å². The Bertz CT molecular complexity index is 439. The molecular weight excluding hydrogens is 232 g/mol. The van der Waals surface area contributed by atoms with Crippen LogP contribution in [0, 0.1) is 20.8 Å². The lowest BCUT2D eigenvalue weighted by molar-refractivity contribution is 0.275. The van der Waals surface area contributed by atoms with Crippen molar-refractivity contribution in [2.75, 3.05) is 18.5 Å². The normalized spacial score (nSPS) is 22.6. The molecule has 1 unspecified atom stereocenters. The van der Waals surface area contributed by atoms with E-state index in [0.29, 0.717) is 6.04 Å². The summed E-state index contributed by atoms with van der Waals surface area (Å²) in [4.78, 5) is 2.61. The topological polar surface area (TPSA) is 15.3 Å². The van der Waals surface area contributed by atoms with Crippen molar-refractivity contribution in [3.8, 4) is 0 Å². The van der Waals surface area contributed by atoms with E-state index >= 15 is 0 Å². The second-order valence-electron chi connectivity index (χ2n) is 6.54. The largest absolute Gasteiger partial charge is 0.364 e. The summed E-state index contributed by atoms with van der Waals surface area (Å²) in [6.45, 7) is 12.6. The Hall–Kier alpha value is -1.02. The highest BCUT2D eigenvalue weighted by atomic mass is 15.2.